The first-order valence-corrected chi connectivity index (χ1v) is 10.4. The van der Waals surface area contributed by atoms with Crippen LogP contribution in [-0.2, 0) is 15.8 Å². The summed E-state index contributed by atoms with van der Waals surface area (Å²) in [5.41, 5.74) is 2.48. The van der Waals surface area contributed by atoms with Gasteiger partial charge in [-0.3, -0.25) is 4.90 Å². The molecule has 0 aliphatic carbocycles. The van der Waals surface area contributed by atoms with Crippen LogP contribution < -0.4 is 0 Å². The summed E-state index contributed by atoms with van der Waals surface area (Å²) in [6, 6.07) is 15.1. The number of rotatable bonds is 5. The molecule has 7 heteroatoms. The number of halogens is 1. The maximum Gasteiger partial charge on any atom is 0.218 e. The minimum absolute atomic E-state index is 0.0146. The van der Waals surface area contributed by atoms with Crippen molar-refractivity contribution in [2.24, 2.45) is 0 Å². The molecule has 142 valence electrons. The van der Waals surface area contributed by atoms with Crippen LogP contribution in [0.2, 0.25) is 0 Å². The molecule has 1 unspecified atom stereocenters. The highest BCUT2D eigenvalue weighted by atomic mass is 32.2. The summed E-state index contributed by atoms with van der Waals surface area (Å²) >= 11 is 0. The van der Waals surface area contributed by atoms with Crippen LogP contribution in [0, 0.1) is 24.1 Å². The lowest BCUT2D eigenvalue weighted by atomic mass is 10.1. The first-order chi connectivity index (χ1) is 12.9. The standard InChI is InChI=1S/C20H22FN3O2S/c1-16-4-2-3-5-18(16)15-27(25,26)24-12-10-23(11-13-24)20(14-22)17-6-8-19(21)9-7-17/h2-9,20H,10-13,15H2,1H3. The van der Waals surface area contributed by atoms with Crippen molar-refractivity contribution in [3.8, 4) is 6.07 Å². The Bertz CT molecular complexity index is 930. The zero-order chi connectivity index (χ0) is 19.4. The van der Waals surface area contributed by atoms with Gasteiger partial charge in [0.2, 0.25) is 10.0 Å². The van der Waals surface area contributed by atoms with Crippen LogP contribution in [0.5, 0.6) is 0 Å². The number of nitriles is 1. The van der Waals surface area contributed by atoms with Gasteiger partial charge in [0.1, 0.15) is 11.9 Å². The summed E-state index contributed by atoms with van der Waals surface area (Å²) < 4.78 is 40.1. The molecule has 0 saturated carbocycles. The lowest BCUT2D eigenvalue weighted by Crippen LogP contribution is -2.49. The van der Waals surface area contributed by atoms with E-state index in [2.05, 4.69) is 6.07 Å². The molecule has 0 N–H and O–H groups in total. The van der Waals surface area contributed by atoms with E-state index in [1.807, 2.05) is 36.1 Å². The summed E-state index contributed by atoms with van der Waals surface area (Å²) in [6.45, 7) is 3.51. The fourth-order valence-electron chi connectivity index (χ4n) is 3.31. The van der Waals surface area contributed by atoms with Crippen LogP contribution >= 0.6 is 0 Å². The summed E-state index contributed by atoms with van der Waals surface area (Å²) in [5, 5.41) is 9.53. The van der Waals surface area contributed by atoms with Gasteiger partial charge in [0.15, 0.2) is 0 Å². The molecular weight excluding hydrogens is 365 g/mol. The number of hydrogen-bond donors (Lipinski definition) is 0. The first kappa shape index (κ1) is 19.5. The third-order valence-electron chi connectivity index (χ3n) is 4.94. The second kappa shape index (κ2) is 8.17. The van der Waals surface area contributed by atoms with Gasteiger partial charge in [0.05, 0.1) is 11.8 Å². The fourth-order valence-corrected chi connectivity index (χ4v) is 4.93. The monoisotopic (exact) mass is 387 g/mol. The van der Waals surface area contributed by atoms with Gasteiger partial charge in [-0.25, -0.2) is 12.8 Å². The average Bonchev–Trinajstić information content (AvgIpc) is 2.66. The largest absolute Gasteiger partial charge is 0.282 e. The molecule has 1 atom stereocenters. The van der Waals surface area contributed by atoms with Crippen molar-refractivity contribution in [3.05, 3.63) is 71.0 Å². The van der Waals surface area contributed by atoms with Gasteiger partial charge in [0, 0.05) is 26.2 Å². The van der Waals surface area contributed by atoms with Crippen molar-refractivity contribution in [2.45, 2.75) is 18.7 Å². The summed E-state index contributed by atoms with van der Waals surface area (Å²) in [4.78, 5) is 1.94. The summed E-state index contributed by atoms with van der Waals surface area (Å²) in [6.07, 6.45) is 0. The molecule has 0 bridgehead atoms. The van der Waals surface area contributed by atoms with Crippen LogP contribution in [0.15, 0.2) is 48.5 Å². The molecule has 5 nitrogen and oxygen atoms in total. The summed E-state index contributed by atoms with van der Waals surface area (Å²) in [7, 11) is -3.41. The third kappa shape index (κ3) is 4.53. The minimum atomic E-state index is -3.41. The highest BCUT2D eigenvalue weighted by molar-refractivity contribution is 7.88. The van der Waals surface area contributed by atoms with Crippen LogP contribution in [0.4, 0.5) is 4.39 Å². The van der Waals surface area contributed by atoms with Crippen molar-refractivity contribution in [3.63, 3.8) is 0 Å². The van der Waals surface area contributed by atoms with Crippen molar-refractivity contribution < 1.29 is 12.8 Å². The van der Waals surface area contributed by atoms with E-state index in [0.717, 1.165) is 16.7 Å². The smallest absolute Gasteiger partial charge is 0.218 e. The third-order valence-corrected chi connectivity index (χ3v) is 6.77. The molecule has 0 amide bonds. The first-order valence-electron chi connectivity index (χ1n) is 8.82. The molecule has 1 heterocycles. The van der Waals surface area contributed by atoms with Gasteiger partial charge in [-0.15, -0.1) is 0 Å². The molecule has 1 saturated heterocycles. The molecular formula is C20H22FN3O2S. The second-order valence-electron chi connectivity index (χ2n) is 6.70. The molecule has 0 aromatic heterocycles. The Morgan fingerprint density at radius 2 is 1.70 bits per heavy atom. The number of benzene rings is 2. The minimum Gasteiger partial charge on any atom is -0.282 e. The number of hydrogen-bond acceptors (Lipinski definition) is 4. The quantitative estimate of drug-likeness (QED) is 0.791. The van der Waals surface area contributed by atoms with Crippen LogP contribution in [-0.4, -0.2) is 43.8 Å². The molecule has 2 aromatic rings. The number of piperazine rings is 1. The number of nitrogens with zero attached hydrogens (tertiary/aromatic N) is 3. The topological polar surface area (TPSA) is 64.4 Å². The van der Waals surface area contributed by atoms with Gasteiger partial charge in [-0.1, -0.05) is 36.4 Å². The molecule has 1 aliphatic rings. The fraction of sp³-hybridized carbons (Fsp3) is 0.350. The van der Waals surface area contributed by atoms with E-state index in [0.29, 0.717) is 26.2 Å². The van der Waals surface area contributed by atoms with E-state index in [4.69, 9.17) is 0 Å². The summed E-state index contributed by atoms with van der Waals surface area (Å²) in [5.74, 6) is -0.359. The van der Waals surface area contributed by atoms with E-state index in [9.17, 15) is 18.1 Å². The highest BCUT2D eigenvalue weighted by Crippen LogP contribution is 2.23. The zero-order valence-corrected chi connectivity index (χ0v) is 16.0. The molecule has 1 fully saturated rings. The van der Waals surface area contributed by atoms with E-state index in [-0.39, 0.29) is 11.6 Å². The SMILES string of the molecule is Cc1ccccc1CS(=O)(=O)N1CCN(C(C#N)c2ccc(F)cc2)CC1. The van der Waals surface area contributed by atoms with E-state index >= 15 is 0 Å². The van der Waals surface area contributed by atoms with Crippen LogP contribution in [0.1, 0.15) is 22.7 Å². The van der Waals surface area contributed by atoms with Gasteiger partial charge in [-0.05, 0) is 35.7 Å². The lowest BCUT2D eigenvalue weighted by molar-refractivity contribution is 0.162. The molecule has 3 rings (SSSR count). The van der Waals surface area contributed by atoms with Crippen molar-refractivity contribution >= 4 is 10.0 Å². The van der Waals surface area contributed by atoms with Gasteiger partial charge in [-0.2, -0.15) is 9.57 Å². The number of aryl methyl sites for hydroxylation is 1. The molecule has 0 radical (unpaired) electrons. The van der Waals surface area contributed by atoms with Crippen molar-refractivity contribution in [1.29, 1.82) is 5.26 Å². The predicted octanol–water partition coefficient (Wildman–Crippen LogP) is 2.85. The van der Waals surface area contributed by atoms with Gasteiger partial charge >= 0.3 is 0 Å². The maximum atomic E-state index is 13.1. The lowest BCUT2D eigenvalue weighted by Gasteiger charge is -2.36. The average molecular weight is 387 g/mol. The van der Waals surface area contributed by atoms with Gasteiger partial charge in [0.25, 0.3) is 0 Å². The van der Waals surface area contributed by atoms with E-state index in [1.54, 1.807) is 12.1 Å². The van der Waals surface area contributed by atoms with Crippen LogP contribution in [0.3, 0.4) is 0 Å². The Morgan fingerprint density at radius 3 is 2.30 bits per heavy atom. The molecule has 0 spiro atoms. The van der Waals surface area contributed by atoms with Gasteiger partial charge < -0.3 is 0 Å². The Hall–Kier alpha value is -2.27. The van der Waals surface area contributed by atoms with Crippen molar-refractivity contribution in [1.82, 2.24) is 9.21 Å². The Kier molecular flexibility index (Phi) is 5.90. The normalized spacial score (nSPS) is 17.4. The Balaban J connectivity index is 1.66. The maximum absolute atomic E-state index is 13.1. The van der Waals surface area contributed by atoms with Crippen molar-refractivity contribution in [2.75, 3.05) is 26.2 Å². The predicted molar refractivity (Wildman–Crippen MR) is 102 cm³/mol. The van der Waals surface area contributed by atoms with E-state index < -0.39 is 16.1 Å². The Labute approximate surface area is 159 Å². The highest BCUT2D eigenvalue weighted by Gasteiger charge is 2.30. The zero-order valence-electron chi connectivity index (χ0n) is 15.2. The molecule has 1 aliphatic heterocycles. The number of sulfonamides is 1. The molecule has 2 aromatic carbocycles. The second-order valence-corrected chi connectivity index (χ2v) is 8.67. The van der Waals surface area contributed by atoms with E-state index in [1.165, 1.54) is 16.4 Å². The Morgan fingerprint density at radius 1 is 1.07 bits per heavy atom. The molecule has 27 heavy (non-hydrogen) atoms. The van der Waals surface area contributed by atoms with Crippen LogP contribution in [0.25, 0.3) is 0 Å².